The Morgan fingerprint density at radius 1 is 0.802 bits per heavy atom. The maximum Gasteiger partial charge on any atom is 0.269 e. The lowest BCUT2D eigenvalue weighted by atomic mass is 9.44. The summed E-state index contributed by atoms with van der Waals surface area (Å²) < 4.78 is 0. The van der Waals surface area contributed by atoms with Crippen LogP contribution in [0, 0.1) is 62.4 Å². The number of Topliss-reactive ketones (excluding diaryl/α,β-unsaturated/α-hetero) is 2. The van der Waals surface area contributed by atoms with Crippen molar-refractivity contribution in [3.05, 3.63) is 76.0 Å². The van der Waals surface area contributed by atoms with Crippen LogP contribution < -0.4 is 10.6 Å². The van der Waals surface area contributed by atoms with Gasteiger partial charge in [-0.3, -0.25) is 39.3 Å². The van der Waals surface area contributed by atoms with Crippen LogP contribution in [0.25, 0.3) is 11.3 Å². The number of para-hydroxylation sites is 1. The third-order valence-corrected chi connectivity index (χ3v) is 20.7. The minimum absolute atomic E-state index is 0.0389. The van der Waals surface area contributed by atoms with Crippen molar-refractivity contribution in [2.45, 2.75) is 233 Å². The zero-order valence-electron chi connectivity index (χ0n) is 50.2. The van der Waals surface area contributed by atoms with E-state index < -0.39 is 16.9 Å². The normalized spacial score (nSPS) is 26.2. The number of unbranched alkanes of at least 4 members (excludes halogenated alkanes) is 10. The molecule has 1 aromatic heterocycles. The number of aromatic hydroxyl groups is 1. The van der Waals surface area contributed by atoms with E-state index in [1.165, 1.54) is 127 Å². The van der Waals surface area contributed by atoms with Crippen LogP contribution in [0.1, 0.15) is 230 Å². The smallest absolute Gasteiger partial charge is 0.269 e. The van der Waals surface area contributed by atoms with Crippen molar-refractivity contribution >= 4 is 29.1 Å². The van der Waals surface area contributed by atoms with Gasteiger partial charge < -0.3 is 20.8 Å². The molecule has 14 heteroatoms. The fourth-order valence-electron chi connectivity index (χ4n) is 15.7. The number of aromatic nitrogens is 2. The van der Waals surface area contributed by atoms with Crippen molar-refractivity contribution in [3.8, 4) is 17.0 Å². The summed E-state index contributed by atoms with van der Waals surface area (Å²) in [4.78, 5) is 65.4. The molecule has 4 saturated carbocycles. The number of H-pyrrole nitrogens is 1. The largest absolute Gasteiger partial charge is 0.507 e. The Hall–Kier alpha value is -4.95. The van der Waals surface area contributed by atoms with Crippen LogP contribution in [0.15, 0.2) is 54.6 Å². The monoisotopic (exact) mass is 1120 g/mol. The number of amides is 2. The summed E-state index contributed by atoms with van der Waals surface area (Å²) in [6.07, 6.45) is 31.8. The lowest BCUT2D eigenvalue weighted by Gasteiger charge is -2.61. The highest BCUT2D eigenvalue weighted by Crippen LogP contribution is 2.68. The van der Waals surface area contributed by atoms with Gasteiger partial charge in [-0.2, -0.15) is 5.10 Å². The SMILES string of the molecule is CCCCCCCC(C)CC(=O)C(CNC(=O)c1cc(-c2ccccc2O)n[nH]1)NC(=O)C1CCN(Cc2ccc([N+](=O)[O-])cc2)CC1.CCCCCCCCCC(=O)CCC1CCC2C3CCC4CC(O)CCC4(C)C3CCC12C. The molecule has 1 saturated heterocycles. The van der Waals surface area contributed by atoms with Crippen LogP contribution in [0.5, 0.6) is 5.75 Å². The summed E-state index contributed by atoms with van der Waals surface area (Å²) in [5.74, 6) is 3.91. The van der Waals surface area contributed by atoms with Gasteiger partial charge in [0, 0.05) is 56.0 Å². The second-order valence-corrected chi connectivity index (χ2v) is 26.3. The van der Waals surface area contributed by atoms with Crippen molar-refractivity contribution in [1.29, 1.82) is 0 Å². The Morgan fingerprint density at radius 3 is 2.17 bits per heavy atom. The number of rotatable bonds is 29. The van der Waals surface area contributed by atoms with E-state index in [0.717, 1.165) is 92.9 Å². The lowest BCUT2D eigenvalue weighted by molar-refractivity contribution is -0.384. The summed E-state index contributed by atoms with van der Waals surface area (Å²) in [7, 11) is 0. The first kappa shape index (κ1) is 63.6. The minimum Gasteiger partial charge on any atom is -0.507 e. The molecular weight excluding hydrogens is 1020 g/mol. The second-order valence-electron chi connectivity index (χ2n) is 26.3. The number of phenolic OH excluding ortho intramolecular Hbond substituents is 1. The van der Waals surface area contributed by atoms with E-state index in [-0.39, 0.29) is 53.3 Å². The molecule has 2 aromatic carbocycles. The van der Waals surface area contributed by atoms with Gasteiger partial charge in [0.05, 0.1) is 16.7 Å². The number of nitro benzene ring substituents is 1. The summed E-state index contributed by atoms with van der Waals surface area (Å²) in [5, 5.41) is 44.0. The number of aromatic amines is 1. The van der Waals surface area contributed by atoms with Gasteiger partial charge in [0.15, 0.2) is 5.78 Å². The van der Waals surface area contributed by atoms with E-state index in [2.05, 4.69) is 60.3 Å². The number of benzene rings is 2. The molecule has 2 amide bonds. The van der Waals surface area contributed by atoms with Gasteiger partial charge in [-0.15, -0.1) is 0 Å². The van der Waals surface area contributed by atoms with E-state index in [4.69, 9.17) is 0 Å². The predicted octanol–water partition coefficient (Wildman–Crippen LogP) is 14.3. The number of phenols is 1. The Labute approximate surface area is 485 Å². The average Bonchev–Trinajstić information content (AvgIpc) is 4.30. The number of hydrogen-bond acceptors (Lipinski definition) is 10. The first-order valence-corrected chi connectivity index (χ1v) is 32.1. The number of likely N-dealkylation sites (tertiary alicyclic amines) is 1. The first-order valence-electron chi connectivity index (χ1n) is 32.1. The highest BCUT2D eigenvalue weighted by atomic mass is 16.6. The fourth-order valence-corrected chi connectivity index (χ4v) is 15.7. The van der Waals surface area contributed by atoms with Gasteiger partial charge in [-0.05, 0) is 167 Å². The third kappa shape index (κ3) is 17.6. The van der Waals surface area contributed by atoms with Gasteiger partial charge in [0.25, 0.3) is 11.6 Å². The Bertz CT molecular complexity index is 2470. The zero-order valence-corrected chi connectivity index (χ0v) is 50.2. The van der Waals surface area contributed by atoms with Crippen molar-refractivity contribution in [3.63, 3.8) is 0 Å². The molecule has 10 unspecified atom stereocenters. The van der Waals surface area contributed by atoms with Gasteiger partial charge in [0.2, 0.25) is 5.91 Å². The molecule has 3 aromatic rings. The summed E-state index contributed by atoms with van der Waals surface area (Å²) in [5.41, 5.74) is 3.05. The van der Waals surface area contributed by atoms with Gasteiger partial charge in [-0.25, -0.2) is 0 Å². The molecule has 0 bridgehead atoms. The van der Waals surface area contributed by atoms with Crippen molar-refractivity contribution in [2.75, 3.05) is 19.6 Å². The number of carbonyl (C=O) groups excluding carboxylic acids is 4. The molecule has 5 aliphatic rings. The molecule has 5 N–H and O–H groups in total. The summed E-state index contributed by atoms with van der Waals surface area (Å²) in [6.45, 7) is 13.6. The predicted molar refractivity (Wildman–Crippen MR) is 321 cm³/mol. The van der Waals surface area contributed by atoms with Crippen LogP contribution in [0.4, 0.5) is 5.69 Å². The highest BCUT2D eigenvalue weighted by molar-refractivity contribution is 5.95. The molecule has 1 aliphatic heterocycles. The van der Waals surface area contributed by atoms with Crippen molar-refractivity contribution in [2.24, 2.45) is 52.3 Å². The van der Waals surface area contributed by atoms with E-state index in [1.807, 2.05) is 0 Å². The second kappa shape index (κ2) is 31.1. The molecule has 4 aliphatic carbocycles. The average molecular weight is 1120 g/mol. The van der Waals surface area contributed by atoms with E-state index in [1.54, 1.807) is 30.3 Å². The number of nitro groups is 1. The number of piperidine rings is 1. The molecule has 2 heterocycles. The molecule has 81 heavy (non-hydrogen) atoms. The van der Waals surface area contributed by atoms with Crippen LogP contribution in [0.3, 0.4) is 0 Å². The number of non-ortho nitro benzene ring substituents is 1. The molecule has 448 valence electrons. The number of nitrogens with one attached hydrogen (secondary N) is 3. The maximum atomic E-state index is 13.5. The maximum absolute atomic E-state index is 13.5. The van der Waals surface area contributed by atoms with Gasteiger partial charge in [0.1, 0.15) is 23.3 Å². The van der Waals surface area contributed by atoms with Crippen LogP contribution >= 0.6 is 0 Å². The molecule has 0 radical (unpaired) electrons. The van der Waals surface area contributed by atoms with Gasteiger partial charge in [-0.1, -0.05) is 136 Å². The van der Waals surface area contributed by atoms with E-state index >= 15 is 0 Å². The number of aliphatic hydroxyl groups is 1. The third-order valence-electron chi connectivity index (χ3n) is 20.7. The first-order chi connectivity index (χ1) is 39.0. The highest BCUT2D eigenvalue weighted by Gasteiger charge is 2.60. The van der Waals surface area contributed by atoms with Crippen molar-refractivity contribution < 1.29 is 34.3 Å². The fraction of sp³-hybridized carbons (Fsp3) is 0.716. The summed E-state index contributed by atoms with van der Waals surface area (Å²) >= 11 is 0. The number of aliphatic hydroxyl groups excluding tert-OH is 1. The number of carbonyl (C=O) groups is 4. The van der Waals surface area contributed by atoms with Crippen molar-refractivity contribution in [1.82, 2.24) is 25.7 Å². The molecule has 0 spiro atoms. The minimum atomic E-state index is -0.873. The number of hydrogen-bond donors (Lipinski definition) is 5. The Balaban J connectivity index is 0.000000250. The molecule has 5 fully saturated rings. The molecule has 14 nitrogen and oxygen atoms in total. The quantitative estimate of drug-likeness (QED) is 0.0252. The number of fused-ring (bicyclic) bond motifs is 5. The van der Waals surface area contributed by atoms with Crippen LogP contribution in [-0.2, 0) is 20.9 Å². The van der Waals surface area contributed by atoms with Crippen LogP contribution in [-0.4, -0.2) is 85.4 Å². The van der Waals surface area contributed by atoms with E-state index in [9.17, 15) is 39.5 Å². The number of ketones is 2. The zero-order chi connectivity index (χ0) is 57.9. The van der Waals surface area contributed by atoms with E-state index in [0.29, 0.717) is 66.8 Å². The number of nitrogens with zero attached hydrogens (tertiary/aromatic N) is 3. The molecular formula is C67H102N6O8. The Kier molecular flexibility index (Phi) is 24.4. The summed E-state index contributed by atoms with van der Waals surface area (Å²) in [6, 6.07) is 13.9. The molecule has 10 atom stereocenters. The topological polar surface area (TPSA) is 208 Å². The standard InChI is InChI=1S/C36H48N6O6.C31H54O2/c1-3-4-5-6-7-10-25(2)21-34(44)32(23-37-36(46)31-22-30(39-40-31)29-11-8-9-12-33(29)43)38-35(45)27-17-19-41(20-18-27)24-26-13-15-28(16-14-26)42(47)48;1-4-5-6-7-8-9-10-11-25(32)15-12-23-14-17-28-27-16-13-24-22-26(33)18-20-31(24,3)29(27)19-21-30(23,28)2/h8-9,11-16,22,25,27,32,43H,3-7,10,17-21,23-24H2,1-2H3,(H,37,46)(H,38,45)(H,39,40);23-24,26-29,33H,4-22H2,1-3H3. The lowest BCUT2D eigenvalue weighted by Crippen LogP contribution is -2.53. The van der Waals surface area contributed by atoms with Gasteiger partial charge >= 0.3 is 0 Å². The van der Waals surface area contributed by atoms with Crippen LogP contribution in [0.2, 0.25) is 0 Å². The Morgan fingerprint density at radius 2 is 1.47 bits per heavy atom. The molecule has 8 rings (SSSR count).